The van der Waals surface area contributed by atoms with Gasteiger partial charge in [0.15, 0.2) is 21.4 Å². The van der Waals surface area contributed by atoms with Crippen LogP contribution >= 0.6 is 0 Å². The first-order valence-electron chi connectivity index (χ1n) is 7.77. The molecular formula is C16H18N2O6S2. The number of ketones is 1. The van der Waals surface area contributed by atoms with Gasteiger partial charge in [0.1, 0.15) is 0 Å². The number of carbonyl (C=O) groups is 1. The smallest absolute Gasteiger partial charge is 0.232 e. The minimum atomic E-state index is -3.71. The number of aromatic nitrogens is 1. The Morgan fingerprint density at radius 3 is 2.35 bits per heavy atom. The highest BCUT2D eigenvalue weighted by atomic mass is 32.2. The van der Waals surface area contributed by atoms with Crippen molar-refractivity contribution < 1.29 is 26.2 Å². The number of carbonyl (C=O) groups excluding carboxylic acids is 1. The van der Waals surface area contributed by atoms with Gasteiger partial charge in [-0.1, -0.05) is 5.16 Å². The summed E-state index contributed by atoms with van der Waals surface area (Å²) in [6.45, 7) is 0. The molecule has 0 saturated heterocycles. The van der Waals surface area contributed by atoms with E-state index in [1.165, 1.54) is 31.4 Å². The molecule has 26 heavy (non-hydrogen) atoms. The maximum absolute atomic E-state index is 13.0. The van der Waals surface area contributed by atoms with Crippen molar-refractivity contribution in [2.24, 2.45) is 0 Å². The van der Waals surface area contributed by atoms with Crippen molar-refractivity contribution in [1.29, 1.82) is 0 Å². The maximum atomic E-state index is 13.0. The zero-order valence-electron chi connectivity index (χ0n) is 14.5. The summed E-state index contributed by atoms with van der Waals surface area (Å²) in [4.78, 5) is 12.9. The summed E-state index contributed by atoms with van der Waals surface area (Å²) in [5.41, 5.74) is 0.321. The Balaban J connectivity index is 2.16. The summed E-state index contributed by atoms with van der Waals surface area (Å²) in [6.07, 6.45) is 5.10. The van der Waals surface area contributed by atoms with E-state index in [0.29, 0.717) is 5.76 Å². The van der Waals surface area contributed by atoms with Gasteiger partial charge in [0, 0.05) is 24.8 Å². The second kappa shape index (κ2) is 6.20. The molecule has 1 heterocycles. The molecule has 2 aromatic rings. The van der Waals surface area contributed by atoms with Gasteiger partial charge in [-0.3, -0.25) is 9.10 Å². The van der Waals surface area contributed by atoms with Crippen LogP contribution in [0.4, 0.5) is 5.69 Å². The Labute approximate surface area is 151 Å². The first-order valence-corrected chi connectivity index (χ1v) is 11.5. The number of hydrogen-bond donors (Lipinski definition) is 0. The monoisotopic (exact) mass is 398 g/mol. The van der Waals surface area contributed by atoms with E-state index >= 15 is 0 Å². The molecular weight excluding hydrogens is 380 g/mol. The van der Waals surface area contributed by atoms with Gasteiger partial charge < -0.3 is 4.52 Å². The van der Waals surface area contributed by atoms with E-state index in [0.717, 1.165) is 29.7 Å². The molecule has 0 bridgehead atoms. The van der Waals surface area contributed by atoms with Gasteiger partial charge >= 0.3 is 0 Å². The van der Waals surface area contributed by atoms with E-state index in [1.54, 1.807) is 0 Å². The minimum absolute atomic E-state index is 0.0108. The number of nitrogens with zero attached hydrogens (tertiary/aromatic N) is 2. The van der Waals surface area contributed by atoms with E-state index in [4.69, 9.17) is 4.52 Å². The van der Waals surface area contributed by atoms with Gasteiger partial charge in [0.2, 0.25) is 10.0 Å². The van der Waals surface area contributed by atoms with E-state index in [-0.39, 0.29) is 27.6 Å². The van der Waals surface area contributed by atoms with Gasteiger partial charge in [-0.2, -0.15) is 0 Å². The maximum Gasteiger partial charge on any atom is 0.232 e. The summed E-state index contributed by atoms with van der Waals surface area (Å²) in [6, 6.07) is 3.79. The van der Waals surface area contributed by atoms with Gasteiger partial charge in [-0.15, -0.1) is 0 Å². The lowest BCUT2D eigenvalue weighted by Crippen LogP contribution is -2.27. The predicted molar refractivity (Wildman–Crippen MR) is 94.7 cm³/mol. The second-order valence-electron chi connectivity index (χ2n) is 6.39. The summed E-state index contributed by atoms with van der Waals surface area (Å²) in [5, 5.41) is 3.69. The summed E-state index contributed by atoms with van der Waals surface area (Å²) in [7, 11) is -6.02. The first-order chi connectivity index (χ1) is 12.0. The molecule has 1 aliphatic rings. The third-order valence-corrected chi connectivity index (χ3v) is 6.57. The topological polar surface area (TPSA) is 115 Å². The lowest BCUT2D eigenvalue weighted by atomic mass is 10.0. The zero-order valence-corrected chi connectivity index (χ0v) is 16.1. The molecule has 1 aromatic carbocycles. The Bertz CT molecular complexity index is 1080. The molecule has 1 aromatic heterocycles. The molecule has 0 aliphatic heterocycles. The average molecular weight is 398 g/mol. The Morgan fingerprint density at radius 1 is 1.15 bits per heavy atom. The quantitative estimate of drug-likeness (QED) is 0.679. The lowest BCUT2D eigenvalue weighted by Gasteiger charge is -2.20. The molecule has 8 nitrogen and oxygen atoms in total. The molecule has 0 amide bonds. The minimum Gasteiger partial charge on any atom is -0.360 e. The molecule has 0 unspecified atom stereocenters. The number of anilines is 1. The van der Waals surface area contributed by atoms with Crippen LogP contribution in [0.5, 0.6) is 0 Å². The van der Waals surface area contributed by atoms with Crippen LogP contribution in [0.1, 0.15) is 40.4 Å². The van der Waals surface area contributed by atoms with Gasteiger partial charge in [0.05, 0.1) is 28.6 Å². The third kappa shape index (κ3) is 3.51. The van der Waals surface area contributed by atoms with Crippen molar-refractivity contribution in [3.05, 3.63) is 41.3 Å². The fourth-order valence-electron chi connectivity index (χ4n) is 2.58. The van der Waals surface area contributed by atoms with Crippen LogP contribution < -0.4 is 4.31 Å². The first kappa shape index (κ1) is 18.6. The molecule has 1 saturated carbocycles. The average Bonchev–Trinajstić information content (AvgIpc) is 3.28. The molecule has 140 valence electrons. The van der Waals surface area contributed by atoms with Crippen molar-refractivity contribution in [3.8, 4) is 0 Å². The summed E-state index contributed by atoms with van der Waals surface area (Å²) < 4.78 is 53.7. The summed E-state index contributed by atoms with van der Waals surface area (Å²) >= 11 is 0. The standard InChI is InChI=1S/C16H18N2O6S2/c1-18(26(3,22)23)14-8-11(25(2,20)21)6-7-12(14)15(19)13-9-17-24-16(13)10-4-5-10/h6-10H,4-5H2,1-3H3. The van der Waals surface area contributed by atoms with E-state index < -0.39 is 25.6 Å². The van der Waals surface area contributed by atoms with Crippen LogP contribution in [0.15, 0.2) is 33.8 Å². The summed E-state index contributed by atoms with van der Waals surface area (Å²) in [5.74, 6) is 0.164. The van der Waals surface area contributed by atoms with Crippen LogP contribution in [-0.4, -0.2) is 47.3 Å². The highest BCUT2D eigenvalue weighted by Gasteiger charge is 2.34. The number of rotatable bonds is 6. The highest BCUT2D eigenvalue weighted by Crippen LogP contribution is 2.42. The predicted octanol–water partition coefficient (Wildman–Crippen LogP) is 1.58. The van der Waals surface area contributed by atoms with Crippen LogP contribution in [0.2, 0.25) is 0 Å². The number of sulfonamides is 1. The zero-order chi connectivity index (χ0) is 19.3. The molecule has 10 heteroatoms. The van der Waals surface area contributed by atoms with E-state index in [2.05, 4.69) is 5.16 Å². The van der Waals surface area contributed by atoms with Crippen molar-refractivity contribution in [1.82, 2.24) is 5.16 Å². The van der Waals surface area contributed by atoms with Crippen molar-refractivity contribution in [3.63, 3.8) is 0 Å². The molecule has 0 spiro atoms. The Morgan fingerprint density at radius 2 is 1.81 bits per heavy atom. The van der Waals surface area contributed by atoms with Gasteiger partial charge in [0.25, 0.3) is 0 Å². The molecule has 0 atom stereocenters. The SMILES string of the molecule is CN(c1cc(S(C)(=O)=O)ccc1C(=O)c1cnoc1C1CC1)S(C)(=O)=O. The normalized spacial score (nSPS) is 15.0. The van der Waals surface area contributed by atoms with E-state index in [1.807, 2.05) is 0 Å². The van der Waals surface area contributed by atoms with Crippen LogP contribution in [0.3, 0.4) is 0 Å². The van der Waals surface area contributed by atoms with Gasteiger partial charge in [-0.25, -0.2) is 16.8 Å². The number of sulfone groups is 1. The van der Waals surface area contributed by atoms with Crippen LogP contribution in [0.25, 0.3) is 0 Å². The van der Waals surface area contributed by atoms with E-state index in [9.17, 15) is 21.6 Å². The van der Waals surface area contributed by atoms with Crippen molar-refractivity contribution in [2.75, 3.05) is 23.9 Å². The van der Waals surface area contributed by atoms with Crippen molar-refractivity contribution in [2.45, 2.75) is 23.7 Å². The fraction of sp³-hybridized carbons (Fsp3) is 0.375. The number of hydrogen-bond acceptors (Lipinski definition) is 7. The molecule has 1 aliphatic carbocycles. The Hall–Kier alpha value is -2.20. The largest absolute Gasteiger partial charge is 0.360 e. The highest BCUT2D eigenvalue weighted by molar-refractivity contribution is 7.92. The molecule has 0 N–H and O–H groups in total. The van der Waals surface area contributed by atoms with Gasteiger partial charge in [-0.05, 0) is 31.0 Å². The molecule has 3 rings (SSSR count). The van der Waals surface area contributed by atoms with Crippen molar-refractivity contribution >= 4 is 31.3 Å². The molecule has 0 radical (unpaired) electrons. The number of benzene rings is 1. The van der Waals surface area contributed by atoms with Crippen LogP contribution in [0, 0.1) is 0 Å². The Kier molecular flexibility index (Phi) is 4.43. The van der Waals surface area contributed by atoms with Crippen LogP contribution in [-0.2, 0) is 19.9 Å². The third-order valence-electron chi connectivity index (χ3n) is 4.27. The molecule has 1 fully saturated rings. The lowest BCUT2D eigenvalue weighted by molar-refractivity contribution is 0.103. The second-order valence-corrected chi connectivity index (χ2v) is 10.4. The fourth-order valence-corrected chi connectivity index (χ4v) is 3.73.